The van der Waals surface area contributed by atoms with E-state index in [0.717, 1.165) is 19.4 Å². The van der Waals surface area contributed by atoms with Crippen molar-refractivity contribution in [2.45, 2.75) is 42.8 Å². The molecule has 1 saturated heterocycles. The Balaban J connectivity index is 0.000000423. The number of carboxylic acids is 1. The second-order valence-corrected chi connectivity index (χ2v) is 9.38. The van der Waals surface area contributed by atoms with Crippen molar-refractivity contribution >= 4 is 21.9 Å². The number of alkyl halides is 3. The summed E-state index contributed by atoms with van der Waals surface area (Å²) in [6.45, 7) is 2.13. The molecule has 1 aromatic carbocycles. The number of nitrogens with one attached hydrogen (secondary N) is 2. The van der Waals surface area contributed by atoms with Crippen molar-refractivity contribution in [3.63, 3.8) is 0 Å². The molecule has 0 aromatic heterocycles. The molecule has 31 heavy (non-hydrogen) atoms. The lowest BCUT2D eigenvalue weighted by Crippen LogP contribution is -2.38. The lowest BCUT2D eigenvalue weighted by Gasteiger charge is -2.19. The SMILES string of the molecule is CN1CCCC1CNS(=O)(=O)c1ccc(C(=O)NCC2CC2)cc1.O=C(O)C(F)(F)F. The van der Waals surface area contributed by atoms with Crippen molar-refractivity contribution in [3.05, 3.63) is 29.8 Å². The Labute approximate surface area is 178 Å². The maximum absolute atomic E-state index is 12.4. The zero-order chi connectivity index (χ0) is 23.2. The van der Waals surface area contributed by atoms with E-state index in [0.29, 0.717) is 24.6 Å². The van der Waals surface area contributed by atoms with Gasteiger partial charge < -0.3 is 15.3 Å². The number of sulfonamides is 1. The molecule has 1 unspecified atom stereocenters. The zero-order valence-corrected chi connectivity index (χ0v) is 17.8. The van der Waals surface area contributed by atoms with E-state index >= 15 is 0 Å². The first kappa shape index (κ1) is 25.1. The maximum atomic E-state index is 12.4. The van der Waals surface area contributed by atoms with E-state index in [1.54, 1.807) is 12.1 Å². The number of rotatable bonds is 7. The van der Waals surface area contributed by atoms with Crippen LogP contribution >= 0.6 is 0 Å². The van der Waals surface area contributed by atoms with Gasteiger partial charge in [-0.2, -0.15) is 13.2 Å². The van der Waals surface area contributed by atoms with Crippen LogP contribution in [0.2, 0.25) is 0 Å². The van der Waals surface area contributed by atoms with Crippen LogP contribution in [0.3, 0.4) is 0 Å². The molecule has 3 N–H and O–H groups in total. The summed E-state index contributed by atoms with van der Waals surface area (Å²) in [6, 6.07) is 6.38. The Hall–Kier alpha value is -2.18. The van der Waals surface area contributed by atoms with Gasteiger partial charge >= 0.3 is 12.1 Å². The minimum Gasteiger partial charge on any atom is -0.475 e. The number of carboxylic acid groups (broad SMARTS) is 1. The minimum absolute atomic E-state index is 0.147. The number of carbonyl (C=O) groups excluding carboxylic acids is 1. The van der Waals surface area contributed by atoms with Gasteiger partial charge in [0.15, 0.2) is 0 Å². The summed E-state index contributed by atoms with van der Waals surface area (Å²) in [5.41, 5.74) is 0.491. The molecule has 1 aliphatic carbocycles. The molecule has 1 amide bonds. The molecule has 1 saturated carbocycles. The van der Waals surface area contributed by atoms with Crippen molar-refractivity contribution in [1.29, 1.82) is 0 Å². The predicted octanol–water partition coefficient (Wildman–Crippen LogP) is 1.83. The lowest BCUT2D eigenvalue weighted by molar-refractivity contribution is -0.192. The first-order chi connectivity index (χ1) is 14.4. The van der Waals surface area contributed by atoms with E-state index in [2.05, 4.69) is 14.9 Å². The van der Waals surface area contributed by atoms with Gasteiger partial charge in [0.25, 0.3) is 5.91 Å². The molecule has 0 radical (unpaired) electrons. The van der Waals surface area contributed by atoms with Gasteiger partial charge in [0, 0.05) is 24.7 Å². The molecular formula is C19H26F3N3O5S. The fourth-order valence-electron chi connectivity index (χ4n) is 2.97. The van der Waals surface area contributed by atoms with E-state index in [1.165, 1.54) is 25.0 Å². The number of likely N-dealkylation sites (N-methyl/N-ethyl adjacent to an activating group) is 1. The smallest absolute Gasteiger partial charge is 0.475 e. The van der Waals surface area contributed by atoms with Crippen molar-refractivity contribution < 1.29 is 36.3 Å². The molecule has 12 heteroatoms. The van der Waals surface area contributed by atoms with E-state index in [-0.39, 0.29) is 16.8 Å². The Kier molecular flexibility index (Phi) is 8.43. The molecule has 8 nitrogen and oxygen atoms in total. The highest BCUT2D eigenvalue weighted by Gasteiger charge is 2.38. The molecule has 0 bridgehead atoms. The monoisotopic (exact) mass is 465 g/mol. The summed E-state index contributed by atoms with van der Waals surface area (Å²) in [5.74, 6) is -2.29. The normalized spacial score (nSPS) is 19.4. The first-order valence-corrected chi connectivity index (χ1v) is 11.3. The van der Waals surface area contributed by atoms with Crippen molar-refractivity contribution in [1.82, 2.24) is 14.9 Å². The molecule has 0 spiro atoms. The largest absolute Gasteiger partial charge is 0.490 e. The van der Waals surface area contributed by atoms with Crippen LogP contribution in [0, 0.1) is 5.92 Å². The Morgan fingerprint density at radius 1 is 1.13 bits per heavy atom. The van der Waals surface area contributed by atoms with Gasteiger partial charge in [0.2, 0.25) is 10.0 Å². The summed E-state index contributed by atoms with van der Waals surface area (Å²) < 4.78 is 59.2. The van der Waals surface area contributed by atoms with E-state index in [1.807, 2.05) is 7.05 Å². The number of likely N-dealkylation sites (tertiary alicyclic amines) is 1. The Morgan fingerprint density at radius 3 is 2.16 bits per heavy atom. The Morgan fingerprint density at radius 2 is 1.71 bits per heavy atom. The molecule has 1 aliphatic heterocycles. The number of aliphatic carboxylic acids is 1. The van der Waals surface area contributed by atoms with Gasteiger partial charge in [0.1, 0.15) is 0 Å². The summed E-state index contributed by atoms with van der Waals surface area (Å²) in [4.78, 5) is 23.3. The number of hydrogen-bond donors (Lipinski definition) is 3. The van der Waals surface area contributed by atoms with Crippen LogP contribution in [-0.2, 0) is 14.8 Å². The minimum atomic E-state index is -5.08. The summed E-state index contributed by atoms with van der Waals surface area (Å²) in [5, 5.41) is 10.0. The van der Waals surface area contributed by atoms with Gasteiger partial charge in [0.05, 0.1) is 4.90 Å². The topological polar surface area (TPSA) is 116 Å². The van der Waals surface area contributed by atoms with Crippen molar-refractivity contribution in [2.24, 2.45) is 5.92 Å². The number of hydrogen-bond acceptors (Lipinski definition) is 5. The first-order valence-electron chi connectivity index (χ1n) is 9.78. The van der Waals surface area contributed by atoms with Crippen LogP contribution in [0.25, 0.3) is 0 Å². The van der Waals surface area contributed by atoms with Gasteiger partial charge in [-0.25, -0.2) is 17.9 Å². The highest BCUT2D eigenvalue weighted by atomic mass is 32.2. The predicted molar refractivity (Wildman–Crippen MR) is 106 cm³/mol. The molecule has 2 fully saturated rings. The van der Waals surface area contributed by atoms with Crippen molar-refractivity contribution in [2.75, 3.05) is 26.7 Å². The fourth-order valence-corrected chi connectivity index (χ4v) is 4.05. The van der Waals surface area contributed by atoms with Crippen molar-refractivity contribution in [3.8, 4) is 0 Å². The third-order valence-corrected chi connectivity index (χ3v) is 6.54. The molecule has 1 aromatic rings. The van der Waals surface area contributed by atoms with Crippen LogP contribution in [0.4, 0.5) is 13.2 Å². The van der Waals surface area contributed by atoms with Crippen LogP contribution in [0.5, 0.6) is 0 Å². The summed E-state index contributed by atoms with van der Waals surface area (Å²) in [6.07, 6.45) is -0.606. The van der Waals surface area contributed by atoms with Gasteiger partial charge in [-0.05, 0) is 69.5 Å². The highest BCUT2D eigenvalue weighted by molar-refractivity contribution is 7.89. The van der Waals surface area contributed by atoms with Crippen LogP contribution in [0.1, 0.15) is 36.0 Å². The Bertz CT molecular complexity index is 871. The fraction of sp³-hybridized carbons (Fsp3) is 0.579. The van der Waals surface area contributed by atoms with E-state index in [4.69, 9.17) is 9.90 Å². The number of nitrogens with zero attached hydrogens (tertiary/aromatic N) is 1. The van der Waals surface area contributed by atoms with E-state index < -0.39 is 22.2 Å². The van der Waals surface area contributed by atoms with Crippen LogP contribution in [-0.4, -0.2) is 69.2 Å². The number of amides is 1. The quantitative estimate of drug-likeness (QED) is 0.566. The molecule has 1 atom stereocenters. The molecular weight excluding hydrogens is 439 g/mol. The summed E-state index contributed by atoms with van der Waals surface area (Å²) in [7, 11) is -1.52. The maximum Gasteiger partial charge on any atom is 0.490 e. The van der Waals surface area contributed by atoms with E-state index in [9.17, 15) is 26.4 Å². The molecule has 1 heterocycles. The molecule has 2 aliphatic rings. The van der Waals surface area contributed by atoms with Gasteiger partial charge in [-0.1, -0.05) is 0 Å². The van der Waals surface area contributed by atoms with Crippen LogP contribution in [0.15, 0.2) is 29.2 Å². The number of halogens is 3. The number of benzene rings is 1. The number of carbonyl (C=O) groups is 2. The average Bonchev–Trinajstić information content (AvgIpc) is 3.44. The third-order valence-electron chi connectivity index (χ3n) is 5.10. The average molecular weight is 465 g/mol. The molecule has 3 rings (SSSR count). The zero-order valence-electron chi connectivity index (χ0n) is 17.0. The second kappa shape index (κ2) is 10.4. The summed E-state index contributed by atoms with van der Waals surface area (Å²) >= 11 is 0. The van der Waals surface area contributed by atoms with Gasteiger partial charge in [-0.3, -0.25) is 4.79 Å². The van der Waals surface area contributed by atoms with Crippen LogP contribution < -0.4 is 10.0 Å². The standard InChI is InChI=1S/C17H25N3O3S.C2HF3O2/c1-20-10-2-3-15(20)12-19-24(22,23)16-8-6-14(7-9-16)17(21)18-11-13-4-5-13;3-2(4,5)1(6)7/h6-9,13,15,19H,2-5,10-12H2,1H3,(H,18,21);(H,6,7). The third kappa shape index (κ3) is 8.11. The highest BCUT2D eigenvalue weighted by Crippen LogP contribution is 2.27. The lowest BCUT2D eigenvalue weighted by atomic mass is 10.2. The second-order valence-electron chi connectivity index (χ2n) is 7.61. The van der Waals surface area contributed by atoms with Gasteiger partial charge in [-0.15, -0.1) is 0 Å². The molecule has 174 valence electrons.